The molecule has 1 rings (SSSR count). The van der Waals surface area contributed by atoms with Crippen molar-refractivity contribution in [3.05, 3.63) is 28.8 Å². The van der Waals surface area contributed by atoms with E-state index >= 15 is 0 Å². The van der Waals surface area contributed by atoms with Crippen molar-refractivity contribution < 1.29 is 9.53 Å². The summed E-state index contributed by atoms with van der Waals surface area (Å²) in [6.45, 7) is 5.00. The third-order valence-corrected chi connectivity index (χ3v) is 3.13. The van der Waals surface area contributed by atoms with Crippen molar-refractivity contribution in [2.24, 2.45) is 0 Å². The quantitative estimate of drug-likeness (QED) is 0.836. The summed E-state index contributed by atoms with van der Waals surface area (Å²) in [6, 6.07) is 4.94. The second-order valence-electron chi connectivity index (χ2n) is 4.13. The molecule has 100 valence electrons. The first-order valence-electron chi connectivity index (χ1n) is 5.86. The number of carbonyl (C=O) groups is 1. The molecule has 18 heavy (non-hydrogen) atoms. The van der Waals surface area contributed by atoms with Crippen molar-refractivity contribution >= 4 is 23.2 Å². The minimum atomic E-state index is -0.0644. The Kier molecular flexibility index (Phi) is 5.44. The van der Waals surface area contributed by atoms with Crippen LogP contribution in [0.2, 0.25) is 5.02 Å². The molecule has 1 aromatic rings. The van der Waals surface area contributed by atoms with Gasteiger partial charge in [0, 0.05) is 19.2 Å². The summed E-state index contributed by atoms with van der Waals surface area (Å²) < 4.78 is 5.08. The first kappa shape index (κ1) is 14.8. The zero-order chi connectivity index (χ0) is 13.7. The highest BCUT2D eigenvalue weighted by atomic mass is 35.5. The van der Waals surface area contributed by atoms with Gasteiger partial charge in [0.15, 0.2) is 0 Å². The van der Waals surface area contributed by atoms with E-state index in [-0.39, 0.29) is 11.9 Å². The van der Waals surface area contributed by atoms with E-state index in [9.17, 15) is 4.79 Å². The Balaban J connectivity index is 2.92. The zero-order valence-corrected chi connectivity index (χ0v) is 11.7. The summed E-state index contributed by atoms with van der Waals surface area (Å²) >= 11 is 5.84. The number of benzene rings is 1. The van der Waals surface area contributed by atoms with Gasteiger partial charge >= 0.3 is 0 Å². The number of halogens is 1. The summed E-state index contributed by atoms with van der Waals surface area (Å²) in [5.74, 6) is -0.0644. The molecular weight excluding hydrogens is 252 g/mol. The maximum atomic E-state index is 12.3. The summed E-state index contributed by atoms with van der Waals surface area (Å²) in [6.07, 6.45) is 0. The van der Waals surface area contributed by atoms with Crippen LogP contribution in [0.3, 0.4) is 0 Å². The molecule has 0 fully saturated rings. The zero-order valence-electron chi connectivity index (χ0n) is 10.9. The largest absolute Gasteiger partial charge is 0.398 e. The fraction of sp³-hybridized carbons (Fsp3) is 0.462. The van der Waals surface area contributed by atoms with Crippen molar-refractivity contribution in [2.75, 3.05) is 26.0 Å². The third kappa shape index (κ3) is 3.37. The van der Waals surface area contributed by atoms with Crippen LogP contribution in [0.15, 0.2) is 18.2 Å². The predicted molar refractivity (Wildman–Crippen MR) is 73.9 cm³/mol. The van der Waals surface area contributed by atoms with Crippen molar-refractivity contribution in [1.82, 2.24) is 4.90 Å². The number of likely N-dealkylation sites (N-methyl/N-ethyl adjacent to an activating group) is 1. The maximum absolute atomic E-state index is 12.3. The molecule has 4 nitrogen and oxygen atoms in total. The molecule has 0 saturated carbocycles. The number of methoxy groups -OCH3 is 1. The van der Waals surface area contributed by atoms with E-state index in [1.165, 1.54) is 0 Å². The number of nitrogens with zero attached hydrogens (tertiary/aromatic N) is 1. The summed E-state index contributed by atoms with van der Waals surface area (Å²) in [7, 11) is 1.62. The van der Waals surface area contributed by atoms with Crippen molar-refractivity contribution in [2.45, 2.75) is 19.9 Å². The smallest absolute Gasteiger partial charge is 0.254 e. The summed E-state index contributed by atoms with van der Waals surface area (Å²) in [5.41, 5.74) is 6.67. The minimum absolute atomic E-state index is 0.0180. The van der Waals surface area contributed by atoms with E-state index in [1.54, 1.807) is 30.2 Å². The van der Waals surface area contributed by atoms with Crippen molar-refractivity contribution in [3.8, 4) is 0 Å². The minimum Gasteiger partial charge on any atom is -0.398 e. The molecular formula is C13H19ClN2O2. The second-order valence-corrected chi connectivity index (χ2v) is 4.54. The molecule has 1 unspecified atom stereocenters. The predicted octanol–water partition coefficient (Wildman–Crippen LogP) is 2.42. The number of hydrogen-bond donors (Lipinski definition) is 1. The molecule has 1 amide bonds. The monoisotopic (exact) mass is 270 g/mol. The van der Waals surface area contributed by atoms with Gasteiger partial charge in [0.1, 0.15) is 0 Å². The van der Waals surface area contributed by atoms with Crippen molar-refractivity contribution in [1.29, 1.82) is 0 Å². The molecule has 1 aromatic carbocycles. The number of rotatable bonds is 5. The van der Waals surface area contributed by atoms with Gasteiger partial charge in [-0.15, -0.1) is 0 Å². The summed E-state index contributed by atoms with van der Waals surface area (Å²) in [5, 5.41) is 0.458. The molecule has 5 heteroatoms. The fourth-order valence-electron chi connectivity index (χ4n) is 1.83. The number of carbonyl (C=O) groups excluding carboxylic acids is 1. The van der Waals surface area contributed by atoms with Gasteiger partial charge in [-0.2, -0.15) is 0 Å². The van der Waals surface area contributed by atoms with E-state index in [0.717, 1.165) is 0 Å². The Bertz CT molecular complexity index is 423. The van der Waals surface area contributed by atoms with E-state index in [4.69, 9.17) is 22.1 Å². The van der Waals surface area contributed by atoms with Crippen LogP contribution < -0.4 is 5.73 Å². The van der Waals surface area contributed by atoms with Crippen LogP contribution in [0.25, 0.3) is 0 Å². The Morgan fingerprint density at radius 3 is 2.72 bits per heavy atom. The topological polar surface area (TPSA) is 55.6 Å². The lowest BCUT2D eigenvalue weighted by Gasteiger charge is -2.27. The highest BCUT2D eigenvalue weighted by Gasteiger charge is 2.20. The fourth-order valence-corrected chi connectivity index (χ4v) is 1.95. The van der Waals surface area contributed by atoms with Crippen molar-refractivity contribution in [3.63, 3.8) is 0 Å². The molecule has 0 heterocycles. The lowest BCUT2D eigenvalue weighted by Crippen LogP contribution is -2.40. The van der Waals surface area contributed by atoms with E-state index < -0.39 is 0 Å². The highest BCUT2D eigenvalue weighted by molar-refractivity contribution is 6.33. The number of nitrogens with two attached hydrogens (primary N) is 1. The van der Waals surface area contributed by atoms with E-state index in [2.05, 4.69) is 0 Å². The van der Waals surface area contributed by atoms with Gasteiger partial charge in [-0.1, -0.05) is 11.6 Å². The Hall–Kier alpha value is -1.26. The Labute approximate surface area is 113 Å². The number of ether oxygens (including phenoxy) is 1. The van der Waals surface area contributed by atoms with Gasteiger partial charge in [-0.25, -0.2) is 0 Å². The van der Waals surface area contributed by atoms with Crippen LogP contribution in [0.4, 0.5) is 5.69 Å². The van der Waals surface area contributed by atoms with Crippen LogP contribution in [0, 0.1) is 0 Å². The van der Waals surface area contributed by atoms with Crippen LogP contribution in [0.5, 0.6) is 0 Å². The molecule has 0 bridgehead atoms. The lowest BCUT2D eigenvalue weighted by atomic mass is 10.1. The van der Waals surface area contributed by atoms with Crippen LogP contribution in [-0.2, 0) is 4.74 Å². The molecule has 1 atom stereocenters. The van der Waals surface area contributed by atoms with E-state index in [1.807, 2.05) is 13.8 Å². The van der Waals surface area contributed by atoms with Crippen LogP contribution >= 0.6 is 11.6 Å². The molecule has 0 spiro atoms. The Morgan fingerprint density at radius 1 is 1.56 bits per heavy atom. The number of hydrogen-bond acceptors (Lipinski definition) is 3. The lowest BCUT2D eigenvalue weighted by molar-refractivity contribution is 0.0579. The van der Waals surface area contributed by atoms with Gasteiger partial charge in [-0.3, -0.25) is 4.79 Å². The van der Waals surface area contributed by atoms with Crippen LogP contribution in [-0.4, -0.2) is 37.1 Å². The molecule has 0 aliphatic rings. The first-order chi connectivity index (χ1) is 8.51. The third-order valence-electron chi connectivity index (χ3n) is 2.78. The van der Waals surface area contributed by atoms with Gasteiger partial charge < -0.3 is 15.4 Å². The van der Waals surface area contributed by atoms with Gasteiger partial charge in [-0.05, 0) is 32.0 Å². The number of amides is 1. The van der Waals surface area contributed by atoms with E-state index in [0.29, 0.717) is 29.4 Å². The standard InChI is InChI=1S/C13H19ClN2O2/c1-4-16(9(2)8-18-3)13(17)10-5-6-11(14)12(15)7-10/h5-7,9H,4,8,15H2,1-3H3. The molecule has 0 aromatic heterocycles. The first-order valence-corrected chi connectivity index (χ1v) is 6.24. The number of nitrogen functional groups attached to an aromatic ring is 1. The average molecular weight is 271 g/mol. The van der Waals surface area contributed by atoms with Crippen LogP contribution in [0.1, 0.15) is 24.2 Å². The van der Waals surface area contributed by atoms with Gasteiger partial charge in [0.2, 0.25) is 0 Å². The molecule has 0 aliphatic heterocycles. The SMILES string of the molecule is CCN(C(=O)c1ccc(Cl)c(N)c1)C(C)COC. The van der Waals surface area contributed by atoms with Gasteiger partial charge in [0.05, 0.1) is 23.4 Å². The normalized spacial score (nSPS) is 12.2. The molecule has 0 saturated heterocycles. The Morgan fingerprint density at radius 2 is 2.22 bits per heavy atom. The second kappa shape index (κ2) is 6.61. The summed E-state index contributed by atoms with van der Waals surface area (Å²) in [4.78, 5) is 14.1. The maximum Gasteiger partial charge on any atom is 0.254 e. The highest BCUT2D eigenvalue weighted by Crippen LogP contribution is 2.20. The molecule has 2 N–H and O–H groups in total. The number of anilines is 1. The molecule has 0 radical (unpaired) electrons. The molecule has 0 aliphatic carbocycles. The van der Waals surface area contributed by atoms with Gasteiger partial charge in [0.25, 0.3) is 5.91 Å². The average Bonchev–Trinajstić information content (AvgIpc) is 2.33.